The Labute approximate surface area is 125 Å². The van der Waals surface area contributed by atoms with Gasteiger partial charge >= 0.3 is 0 Å². The Morgan fingerprint density at radius 2 is 1.86 bits per heavy atom. The summed E-state index contributed by atoms with van der Waals surface area (Å²) in [4.78, 5) is 14.5. The van der Waals surface area contributed by atoms with Crippen molar-refractivity contribution in [3.63, 3.8) is 0 Å². The van der Waals surface area contributed by atoms with Crippen LogP contribution in [-0.4, -0.2) is 19.0 Å². The highest BCUT2D eigenvalue weighted by atomic mass is 16.2. The number of nitrogens with one attached hydrogen (secondary N) is 1. The Kier molecular flexibility index (Phi) is 3.91. The summed E-state index contributed by atoms with van der Waals surface area (Å²) in [5.74, 6) is 0.457. The Balaban J connectivity index is 1.75. The fourth-order valence-electron chi connectivity index (χ4n) is 2.97. The molecule has 1 aliphatic heterocycles. The molecule has 3 heteroatoms. The van der Waals surface area contributed by atoms with Crippen molar-refractivity contribution < 1.29 is 4.79 Å². The minimum atomic E-state index is 0.187. The molecule has 1 atom stereocenters. The summed E-state index contributed by atoms with van der Waals surface area (Å²) in [6.45, 7) is 3.56. The molecule has 2 aromatic carbocycles. The first-order valence-corrected chi connectivity index (χ1v) is 7.47. The van der Waals surface area contributed by atoms with E-state index in [-0.39, 0.29) is 11.8 Å². The van der Waals surface area contributed by atoms with Crippen LogP contribution in [0.2, 0.25) is 0 Å². The van der Waals surface area contributed by atoms with Gasteiger partial charge in [0.15, 0.2) is 0 Å². The summed E-state index contributed by atoms with van der Waals surface area (Å²) in [5, 5.41) is 3.38. The third-order valence-corrected chi connectivity index (χ3v) is 4.05. The summed E-state index contributed by atoms with van der Waals surface area (Å²) in [6, 6.07) is 18.1. The second-order valence-electron chi connectivity index (χ2n) is 5.34. The normalized spacial score (nSPS) is 16.1. The van der Waals surface area contributed by atoms with E-state index >= 15 is 0 Å². The molecule has 108 valence electrons. The first-order chi connectivity index (χ1) is 10.3. The van der Waals surface area contributed by atoms with Gasteiger partial charge in [-0.25, -0.2) is 0 Å². The van der Waals surface area contributed by atoms with Gasteiger partial charge in [0.05, 0.1) is 0 Å². The van der Waals surface area contributed by atoms with Gasteiger partial charge in [0.25, 0.3) is 0 Å². The molecule has 0 spiro atoms. The smallest absolute Gasteiger partial charge is 0.227 e. The van der Waals surface area contributed by atoms with Crippen molar-refractivity contribution in [2.75, 3.05) is 23.3 Å². The van der Waals surface area contributed by atoms with Crippen LogP contribution < -0.4 is 10.2 Å². The first kappa shape index (κ1) is 13.7. The van der Waals surface area contributed by atoms with Crippen molar-refractivity contribution in [2.24, 2.45) is 0 Å². The Hall–Kier alpha value is -2.29. The van der Waals surface area contributed by atoms with Crippen LogP contribution in [0.1, 0.15) is 24.8 Å². The number of rotatable bonds is 4. The van der Waals surface area contributed by atoms with E-state index in [2.05, 4.69) is 17.4 Å². The summed E-state index contributed by atoms with van der Waals surface area (Å²) in [7, 11) is 0. The average Bonchev–Trinajstić information content (AvgIpc) is 2.92. The van der Waals surface area contributed by atoms with Crippen LogP contribution >= 0.6 is 0 Å². The molecule has 0 saturated heterocycles. The third kappa shape index (κ3) is 2.77. The second kappa shape index (κ2) is 6.00. The lowest BCUT2D eigenvalue weighted by Crippen LogP contribution is -2.31. The van der Waals surface area contributed by atoms with Crippen LogP contribution in [0.4, 0.5) is 11.4 Å². The minimum absolute atomic E-state index is 0.187. The maximum Gasteiger partial charge on any atom is 0.227 e. The quantitative estimate of drug-likeness (QED) is 0.927. The van der Waals surface area contributed by atoms with E-state index in [0.29, 0.717) is 13.0 Å². The number of amides is 1. The molecule has 2 aromatic rings. The molecule has 0 fully saturated rings. The van der Waals surface area contributed by atoms with Crippen LogP contribution in [-0.2, 0) is 4.79 Å². The summed E-state index contributed by atoms with van der Waals surface area (Å²) in [5.41, 5.74) is 3.40. The van der Waals surface area contributed by atoms with Gasteiger partial charge < -0.3 is 10.2 Å². The molecule has 0 aromatic heterocycles. The van der Waals surface area contributed by atoms with E-state index in [1.165, 1.54) is 5.56 Å². The number of carbonyl (C=O) groups is 1. The predicted octanol–water partition coefficient (Wildman–Crippen LogP) is 3.64. The lowest BCUT2D eigenvalue weighted by atomic mass is 9.97. The zero-order chi connectivity index (χ0) is 14.7. The zero-order valence-corrected chi connectivity index (χ0v) is 12.3. The molecule has 1 amide bonds. The van der Waals surface area contributed by atoms with E-state index in [1.54, 1.807) is 0 Å². The van der Waals surface area contributed by atoms with E-state index in [4.69, 9.17) is 0 Å². The largest absolute Gasteiger partial charge is 0.384 e. The highest BCUT2D eigenvalue weighted by Crippen LogP contribution is 2.33. The molecule has 1 aliphatic rings. The number of para-hydroxylation sites is 2. The van der Waals surface area contributed by atoms with Gasteiger partial charge in [-0.3, -0.25) is 4.79 Å². The highest BCUT2D eigenvalue weighted by molar-refractivity contribution is 5.94. The molecular formula is C18H20N2O. The number of benzene rings is 2. The number of nitrogens with zero attached hydrogens (tertiary/aromatic N) is 1. The lowest BCUT2D eigenvalue weighted by molar-refractivity contribution is -0.118. The monoisotopic (exact) mass is 280 g/mol. The van der Waals surface area contributed by atoms with Crippen LogP contribution in [0.3, 0.4) is 0 Å². The molecule has 0 bridgehead atoms. The molecule has 0 aliphatic carbocycles. The van der Waals surface area contributed by atoms with Gasteiger partial charge in [-0.1, -0.05) is 36.4 Å². The number of carbonyl (C=O) groups excluding carboxylic acids is 1. The second-order valence-corrected chi connectivity index (χ2v) is 5.34. The van der Waals surface area contributed by atoms with Gasteiger partial charge in [-0.15, -0.1) is 0 Å². The Morgan fingerprint density at radius 1 is 1.14 bits per heavy atom. The molecule has 3 nitrogen and oxygen atoms in total. The molecule has 1 unspecified atom stereocenters. The van der Waals surface area contributed by atoms with Crippen molar-refractivity contribution in [3.8, 4) is 0 Å². The van der Waals surface area contributed by atoms with Gasteiger partial charge in [0, 0.05) is 36.8 Å². The molecule has 0 saturated carbocycles. The summed E-state index contributed by atoms with van der Waals surface area (Å²) >= 11 is 0. The average molecular weight is 280 g/mol. The van der Waals surface area contributed by atoms with Crippen LogP contribution in [0.15, 0.2) is 54.6 Å². The molecule has 1 heterocycles. The third-order valence-electron chi connectivity index (χ3n) is 4.05. The number of hydrogen-bond donors (Lipinski definition) is 1. The van der Waals surface area contributed by atoms with E-state index in [1.807, 2.05) is 54.3 Å². The Bertz CT molecular complexity index is 624. The van der Waals surface area contributed by atoms with E-state index < -0.39 is 0 Å². The van der Waals surface area contributed by atoms with Gasteiger partial charge in [-0.05, 0) is 30.7 Å². The molecule has 3 rings (SSSR count). The lowest BCUT2D eigenvalue weighted by Gasteiger charge is -2.22. The maximum atomic E-state index is 12.6. The summed E-state index contributed by atoms with van der Waals surface area (Å²) in [6.07, 6.45) is 0.548. The van der Waals surface area contributed by atoms with Crippen molar-refractivity contribution in [3.05, 3.63) is 60.2 Å². The number of anilines is 2. The fourth-order valence-corrected chi connectivity index (χ4v) is 2.97. The van der Waals surface area contributed by atoms with E-state index in [0.717, 1.165) is 17.9 Å². The Morgan fingerprint density at radius 3 is 2.62 bits per heavy atom. The highest BCUT2D eigenvalue weighted by Gasteiger charge is 2.26. The van der Waals surface area contributed by atoms with Gasteiger partial charge in [-0.2, -0.15) is 0 Å². The van der Waals surface area contributed by atoms with Crippen molar-refractivity contribution in [1.82, 2.24) is 0 Å². The fraction of sp³-hybridized carbons (Fsp3) is 0.278. The van der Waals surface area contributed by atoms with E-state index in [9.17, 15) is 4.79 Å². The van der Waals surface area contributed by atoms with Crippen molar-refractivity contribution >= 4 is 17.3 Å². The predicted molar refractivity (Wildman–Crippen MR) is 86.8 cm³/mol. The minimum Gasteiger partial charge on any atom is -0.384 e. The first-order valence-electron chi connectivity index (χ1n) is 7.47. The van der Waals surface area contributed by atoms with Gasteiger partial charge in [0.2, 0.25) is 5.91 Å². The molecule has 1 N–H and O–H groups in total. The van der Waals surface area contributed by atoms with Crippen LogP contribution in [0.5, 0.6) is 0 Å². The molecule has 21 heavy (non-hydrogen) atoms. The standard InChI is InChI=1S/C18H20N2O/c1-2-20(15-8-4-3-5-9-15)18(21)12-14-13-19-17-11-7-6-10-16(14)17/h3-11,14,19H,2,12-13H2,1H3. The number of fused-ring (bicyclic) bond motifs is 1. The van der Waals surface area contributed by atoms with Crippen LogP contribution in [0, 0.1) is 0 Å². The summed E-state index contributed by atoms with van der Waals surface area (Å²) < 4.78 is 0. The molecule has 0 radical (unpaired) electrons. The van der Waals surface area contributed by atoms with Crippen molar-refractivity contribution in [1.29, 1.82) is 0 Å². The van der Waals surface area contributed by atoms with Crippen LogP contribution in [0.25, 0.3) is 0 Å². The maximum absolute atomic E-state index is 12.6. The SMILES string of the molecule is CCN(C(=O)CC1CNc2ccccc21)c1ccccc1. The topological polar surface area (TPSA) is 32.3 Å². The zero-order valence-electron chi connectivity index (χ0n) is 12.3. The van der Waals surface area contributed by atoms with Gasteiger partial charge in [0.1, 0.15) is 0 Å². The van der Waals surface area contributed by atoms with Crippen molar-refractivity contribution in [2.45, 2.75) is 19.3 Å². The molecular weight excluding hydrogens is 260 g/mol. The number of hydrogen-bond acceptors (Lipinski definition) is 2.